The van der Waals surface area contributed by atoms with E-state index < -0.39 is 6.61 Å². The van der Waals surface area contributed by atoms with Gasteiger partial charge in [-0.25, -0.2) is 0 Å². The number of hydrogen-bond acceptors (Lipinski definition) is 2. The zero-order chi connectivity index (χ0) is 13.5. The number of ether oxygens (including phenoxy) is 1. The smallest absolute Gasteiger partial charge is 0.387 e. The van der Waals surface area contributed by atoms with Crippen molar-refractivity contribution in [3.05, 3.63) is 29.8 Å². The van der Waals surface area contributed by atoms with Crippen LogP contribution >= 0.6 is 0 Å². The van der Waals surface area contributed by atoms with E-state index in [1.807, 2.05) is 0 Å². The molecule has 1 atom stereocenters. The van der Waals surface area contributed by atoms with Gasteiger partial charge in [0.15, 0.2) is 0 Å². The summed E-state index contributed by atoms with van der Waals surface area (Å²) in [6.07, 6.45) is 0. The lowest BCUT2D eigenvalue weighted by atomic mass is 9.98. The maximum atomic E-state index is 12.0. The van der Waals surface area contributed by atoms with Crippen LogP contribution in [-0.2, 0) is 6.54 Å². The van der Waals surface area contributed by atoms with Gasteiger partial charge in [0, 0.05) is 6.54 Å². The fraction of sp³-hybridized carbons (Fsp3) is 0.571. The first-order valence-corrected chi connectivity index (χ1v) is 6.23. The minimum atomic E-state index is -2.76. The summed E-state index contributed by atoms with van der Waals surface area (Å²) in [7, 11) is 0. The van der Waals surface area contributed by atoms with E-state index in [4.69, 9.17) is 0 Å². The number of hydrogen-bond donors (Lipinski definition) is 1. The summed E-state index contributed by atoms with van der Waals surface area (Å²) >= 11 is 0. The Kier molecular flexibility index (Phi) is 6.05. The van der Waals surface area contributed by atoms with Gasteiger partial charge < -0.3 is 10.1 Å². The van der Waals surface area contributed by atoms with Gasteiger partial charge in [-0.05, 0) is 36.1 Å². The molecule has 0 fully saturated rings. The minimum Gasteiger partial charge on any atom is -0.435 e. The van der Waals surface area contributed by atoms with Crippen molar-refractivity contribution >= 4 is 0 Å². The second kappa shape index (κ2) is 7.31. The van der Waals surface area contributed by atoms with Crippen molar-refractivity contribution in [1.82, 2.24) is 5.32 Å². The van der Waals surface area contributed by atoms with Gasteiger partial charge in [-0.1, -0.05) is 32.9 Å². The molecule has 0 amide bonds. The Morgan fingerprint density at radius 1 is 1.11 bits per heavy atom. The topological polar surface area (TPSA) is 21.3 Å². The summed E-state index contributed by atoms with van der Waals surface area (Å²) in [6, 6.07) is 6.72. The highest BCUT2D eigenvalue weighted by atomic mass is 19.3. The molecule has 0 saturated heterocycles. The molecule has 0 aromatic heterocycles. The SMILES string of the molecule is CC(C)C(C)CNCc1ccc(OC(F)F)cc1. The lowest BCUT2D eigenvalue weighted by Gasteiger charge is -2.16. The van der Waals surface area contributed by atoms with Gasteiger partial charge in [-0.15, -0.1) is 0 Å². The van der Waals surface area contributed by atoms with Crippen LogP contribution in [0.1, 0.15) is 26.3 Å². The van der Waals surface area contributed by atoms with E-state index in [2.05, 4.69) is 30.8 Å². The fourth-order valence-electron chi connectivity index (χ4n) is 1.47. The van der Waals surface area contributed by atoms with Crippen LogP contribution in [0.3, 0.4) is 0 Å². The summed E-state index contributed by atoms with van der Waals surface area (Å²) in [4.78, 5) is 0. The second-order valence-electron chi connectivity index (χ2n) is 4.87. The zero-order valence-corrected chi connectivity index (χ0v) is 11.1. The third-order valence-corrected chi connectivity index (χ3v) is 3.08. The molecule has 2 nitrogen and oxygen atoms in total. The molecule has 0 heterocycles. The normalized spacial score (nSPS) is 13.1. The van der Waals surface area contributed by atoms with E-state index in [9.17, 15) is 8.78 Å². The van der Waals surface area contributed by atoms with Crippen LogP contribution < -0.4 is 10.1 Å². The van der Waals surface area contributed by atoms with Crippen LogP contribution in [-0.4, -0.2) is 13.2 Å². The number of nitrogens with one attached hydrogen (secondary N) is 1. The highest BCUT2D eigenvalue weighted by Gasteiger charge is 2.06. The molecule has 0 aliphatic carbocycles. The molecule has 4 heteroatoms. The molecule has 0 aliphatic rings. The Labute approximate surface area is 107 Å². The van der Waals surface area contributed by atoms with E-state index in [-0.39, 0.29) is 5.75 Å². The molecule has 0 bridgehead atoms. The molecule has 102 valence electrons. The van der Waals surface area contributed by atoms with Gasteiger partial charge in [0.1, 0.15) is 5.75 Å². The Bertz CT molecular complexity index is 338. The molecule has 1 N–H and O–H groups in total. The highest BCUT2D eigenvalue weighted by molar-refractivity contribution is 5.27. The van der Waals surface area contributed by atoms with Gasteiger partial charge >= 0.3 is 6.61 Å². The average Bonchev–Trinajstić information content (AvgIpc) is 2.30. The van der Waals surface area contributed by atoms with Crippen molar-refractivity contribution in [3.63, 3.8) is 0 Å². The molecule has 1 aromatic rings. The van der Waals surface area contributed by atoms with E-state index in [0.717, 1.165) is 18.7 Å². The highest BCUT2D eigenvalue weighted by Crippen LogP contribution is 2.15. The van der Waals surface area contributed by atoms with Gasteiger partial charge in [-0.2, -0.15) is 8.78 Å². The number of benzene rings is 1. The lowest BCUT2D eigenvalue weighted by molar-refractivity contribution is -0.0498. The molecule has 0 radical (unpaired) electrons. The van der Waals surface area contributed by atoms with Crippen LogP contribution in [0.5, 0.6) is 5.75 Å². The molecule has 0 saturated carbocycles. The van der Waals surface area contributed by atoms with Gasteiger partial charge in [0.25, 0.3) is 0 Å². The maximum Gasteiger partial charge on any atom is 0.387 e. The number of halogens is 2. The molecule has 1 unspecified atom stereocenters. The first-order valence-electron chi connectivity index (χ1n) is 6.23. The summed E-state index contributed by atoms with van der Waals surface area (Å²) in [6.45, 7) is 5.53. The van der Waals surface area contributed by atoms with E-state index >= 15 is 0 Å². The number of rotatable bonds is 7. The van der Waals surface area contributed by atoms with Crippen molar-refractivity contribution in [2.45, 2.75) is 33.9 Å². The molecular weight excluding hydrogens is 236 g/mol. The van der Waals surface area contributed by atoms with E-state index in [1.165, 1.54) is 0 Å². The van der Waals surface area contributed by atoms with E-state index in [1.54, 1.807) is 24.3 Å². The predicted molar refractivity (Wildman–Crippen MR) is 68.8 cm³/mol. The van der Waals surface area contributed by atoms with Crippen molar-refractivity contribution in [3.8, 4) is 5.75 Å². The van der Waals surface area contributed by atoms with Crippen LogP contribution in [0, 0.1) is 11.8 Å². The summed E-state index contributed by atoms with van der Waals surface area (Å²) < 4.78 is 28.2. The third-order valence-electron chi connectivity index (χ3n) is 3.08. The molecule has 0 spiro atoms. The molecule has 0 aliphatic heterocycles. The predicted octanol–water partition coefficient (Wildman–Crippen LogP) is 3.67. The molecule has 1 rings (SSSR count). The summed E-state index contributed by atoms with van der Waals surface area (Å²) in [5.41, 5.74) is 1.06. The van der Waals surface area contributed by atoms with Gasteiger partial charge in [-0.3, -0.25) is 0 Å². The van der Waals surface area contributed by atoms with Crippen LogP contribution in [0.2, 0.25) is 0 Å². The third kappa shape index (κ3) is 5.45. The quantitative estimate of drug-likeness (QED) is 0.804. The maximum absolute atomic E-state index is 12.0. The lowest BCUT2D eigenvalue weighted by Crippen LogP contribution is -2.23. The fourth-order valence-corrected chi connectivity index (χ4v) is 1.47. The Hall–Kier alpha value is -1.16. The van der Waals surface area contributed by atoms with Crippen LogP contribution in [0.15, 0.2) is 24.3 Å². The second-order valence-corrected chi connectivity index (χ2v) is 4.87. The monoisotopic (exact) mass is 257 g/mol. The Balaban J connectivity index is 2.35. The van der Waals surface area contributed by atoms with Crippen molar-refractivity contribution in [2.75, 3.05) is 6.54 Å². The van der Waals surface area contributed by atoms with E-state index in [0.29, 0.717) is 11.8 Å². The summed E-state index contributed by atoms with van der Waals surface area (Å²) in [5.74, 6) is 1.47. The molecule has 18 heavy (non-hydrogen) atoms. The zero-order valence-electron chi connectivity index (χ0n) is 11.1. The molecular formula is C14H21F2NO. The first kappa shape index (κ1) is 14.9. The Morgan fingerprint density at radius 2 is 1.72 bits per heavy atom. The van der Waals surface area contributed by atoms with Crippen molar-refractivity contribution in [2.24, 2.45) is 11.8 Å². The molecule has 1 aromatic carbocycles. The van der Waals surface area contributed by atoms with Gasteiger partial charge in [0.05, 0.1) is 0 Å². The average molecular weight is 257 g/mol. The standard InChI is InChI=1S/C14H21F2NO/c1-10(2)11(3)8-17-9-12-4-6-13(7-5-12)18-14(15)16/h4-7,10-11,14,17H,8-9H2,1-3H3. The van der Waals surface area contributed by atoms with Crippen molar-refractivity contribution in [1.29, 1.82) is 0 Å². The van der Waals surface area contributed by atoms with Gasteiger partial charge in [0.2, 0.25) is 0 Å². The van der Waals surface area contributed by atoms with Crippen molar-refractivity contribution < 1.29 is 13.5 Å². The number of alkyl halides is 2. The Morgan fingerprint density at radius 3 is 2.22 bits per heavy atom. The van der Waals surface area contributed by atoms with Crippen LogP contribution in [0.4, 0.5) is 8.78 Å². The van der Waals surface area contributed by atoms with Crippen LogP contribution in [0.25, 0.3) is 0 Å². The first-order chi connectivity index (χ1) is 8.49. The minimum absolute atomic E-state index is 0.198. The summed E-state index contributed by atoms with van der Waals surface area (Å²) in [5, 5.41) is 3.35. The largest absolute Gasteiger partial charge is 0.435 e.